The van der Waals surface area contributed by atoms with Gasteiger partial charge in [-0.25, -0.2) is 0 Å². The van der Waals surface area contributed by atoms with Crippen LogP contribution in [0.25, 0.3) is 0 Å². The monoisotopic (exact) mass is 514 g/mol. The molecule has 0 bridgehead atoms. The number of rotatable bonds is 13. The summed E-state index contributed by atoms with van der Waals surface area (Å²) in [5.41, 5.74) is 0. The molecule has 0 saturated heterocycles. The maximum absolute atomic E-state index is 4.77. The van der Waals surface area contributed by atoms with Crippen LogP contribution in [0, 0.1) is 0 Å². The predicted octanol–water partition coefficient (Wildman–Crippen LogP) is 7.32. The molecule has 25 heavy (non-hydrogen) atoms. The van der Waals surface area contributed by atoms with Crippen molar-refractivity contribution >= 4 is 60.4 Å². The summed E-state index contributed by atoms with van der Waals surface area (Å²) >= 11 is 16.0. The maximum atomic E-state index is 4.77. The molecular formula is C21H46S3Sn. The van der Waals surface area contributed by atoms with Gasteiger partial charge in [-0.15, -0.1) is 0 Å². The van der Waals surface area contributed by atoms with E-state index in [2.05, 4.69) is 27.7 Å². The third-order valence-electron chi connectivity index (χ3n) is 3.24. The van der Waals surface area contributed by atoms with E-state index in [1.54, 1.807) is 22.5 Å². The van der Waals surface area contributed by atoms with Crippen molar-refractivity contribution in [2.45, 2.75) is 116 Å². The molecule has 0 aliphatic rings. The molecule has 0 fully saturated rings. The van der Waals surface area contributed by atoms with Crippen LogP contribution >= 0.6 is 0 Å². The summed E-state index contributed by atoms with van der Waals surface area (Å²) in [6, 6.07) is 0. The van der Waals surface area contributed by atoms with Crippen molar-refractivity contribution in [3.63, 3.8) is 0 Å². The van der Waals surface area contributed by atoms with Gasteiger partial charge in [0, 0.05) is 0 Å². The Morgan fingerprint density at radius 1 is 0.440 bits per heavy atom. The van der Waals surface area contributed by atoms with E-state index in [-0.39, 0.29) is 0 Å². The van der Waals surface area contributed by atoms with Crippen molar-refractivity contribution in [3.8, 4) is 0 Å². The topological polar surface area (TPSA) is 0 Å². The molecule has 0 rings (SSSR count). The van der Waals surface area contributed by atoms with Gasteiger partial charge in [0.15, 0.2) is 0 Å². The molecule has 0 amide bonds. The van der Waals surface area contributed by atoms with Crippen molar-refractivity contribution in [1.29, 1.82) is 0 Å². The van der Waals surface area contributed by atoms with Crippen LogP contribution in [0.1, 0.15) is 111 Å². The molecule has 0 N–H and O–H groups in total. The standard InChI is InChI=1S/3C6H14S.C3H7.Sn/c3*1-2-3-4-5-6-7;1-3-2;/h3*7H,2-6H2,1H3;1,3H2,2H3;/q;;;;+3/p-3. The molecule has 0 unspecified atom stereocenters. The Morgan fingerprint density at radius 3 is 0.800 bits per heavy atom. The van der Waals surface area contributed by atoms with Crippen LogP contribution in [-0.4, -0.2) is 39.8 Å². The van der Waals surface area contributed by atoms with Gasteiger partial charge in [0.2, 0.25) is 0 Å². The molecule has 0 atom stereocenters. The Morgan fingerprint density at radius 2 is 0.680 bits per heavy atom. The summed E-state index contributed by atoms with van der Waals surface area (Å²) in [7, 11) is 0. The average Bonchev–Trinajstić information content (AvgIpc) is 2.64. The fraction of sp³-hybridized carbons (Fsp3) is 1.00. The first-order valence-electron chi connectivity index (χ1n) is 10.5. The zero-order valence-electron chi connectivity index (χ0n) is 17.7. The molecule has 0 spiro atoms. The van der Waals surface area contributed by atoms with E-state index in [0.29, 0.717) is 0 Å². The predicted molar refractivity (Wildman–Crippen MR) is 130 cm³/mol. The first-order chi connectivity index (χ1) is 12.2. The Hall–Kier alpha value is 1.85. The van der Waals surface area contributed by atoms with E-state index in [0.717, 1.165) is 17.3 Å². The van der Waals surface area contributed by atoms with Gasteiger partial charge in [-0.1, -0.05) is 97.8 Å². The first kappa shape index (κ1) is 34.4. The third-order valence-corrected chi connectivity index (χ3v) is 5.54. The molecule has 0 nitrogen and oxygen atoms in total. The first-order valence-corrected chi connectivity index (χ1v) is 14.3. The van der Waals surface area contributed by atoms with Gasteiger partial charge in [-0.3, -0.25) is 0 Å². The average molecular weight is 514 g/mol. The van der Waals surface area contributed by atoms with Crippen LogP contribution in [-0.2, 0) is 37.9 Å². The summed E-state index contributed by atoms with van der Waals surface area (Å²) in [6.07, 6.45) is 17.1. The Labute approximate surface area is 192 Å². The number of unbranched alkanes of at least 4 members (excludes halogenated alkanes) is 9. The van der Waals surface area contributed by atoms with Gasteiger partial charge in [-0.05, 0) is 0 Å². The quantitative estimate of drug-likeness (QED) is 0.144. The molecule has 0 aromatic heterocycles. The second-order valence-corrected chi connectivity index (χ2v) is 8.70. The Kier molecular flexibility index (Phi) is 61.7. The molecule has 0 aromatic rings. The molecule has 0 aliphatic heterocycles. The molecule has 4 heteroatoms. The van der Waals surface area contributed by atoms with Gasteiger partial charge >= 0.3 is 40.3 Å². The van der Waals surface area contributed by atoms with Gasteiger partial charge in [-0.2, -0.15) is 17.3 Å². The Balaban J connectivity index is -0.000000120. The van der Waals surface area contributed by atoms with Crippen molar-refractivity contribution in [2.75, 3.05) is 17.3 Å². The van der Waals surface area contributed by atoms with Gasteiger partial charge in [0.1, 0.15) is 0 Å². The fourth-order valence-electron chi connectivity index (χ4n) is 1.59. The van der Waals surface area contributed by atoms with Gasteiger partial charge in [0.05, 0.1) is 0 Å². The zero-order valence-corrected chi connectivity index (χ0v) is 23.0. The van der Waals surface area contributed by atoms with Gasteiger partial charge in [0.25, 0.3) is 0 Å². The Bertz CT molecular complexity index is 120. The van der Waals surface area contributed by atoms with E-state index >= 15 is 0 Å². The third kappa shape index (κ3) is 66.7. The van der Waals surface area contributed by atoms with Crippen LogP contribution in [0.4, 0.5) is 0 Å². The van der Waals surface area contributed by atoms with Crippen molar-refractivity contribution in [1.82, 2.24) is 0 Å². The van der Waals surface area contributed by atoms with Crippen molar-refractivity contribution in [2.24, 2.45) is 0 Å². The summed E-state index contributed by atoms with van der Waals surface area (Å²) in [5.74, 6) is 2.83. The molecule has 0 aliphatic carbocycles. The van der Waals surface area contributed by atoms with Crippen molar-refractivity contribution in [3.05, 3.63) is 0 Å². The minimum absolute atomic E-state index is 0.944. The van der Waals surface area contributed by atoms with E-state index in [1.165, 1.54) is 87.9 Å². The molecule has 0 aromatic carbocycles. The molecule has 0 radical (unpaired) electrons. The van der Waals surface area contributed by atoms with Crippen LogP contribution in [0.5, 0.6) is 0 Å². The van der Waals surface area contributed by atoms with E-state index in [4.69, 9.17) is 37.9 Å². The fourth-order valence-corrected chi connectivity index (χ4v) is 2.20. The zero-order chi connectivity index (χ0) is 20.0. The van der Waals surface area contributed by atoms with E-state index in [9.17, 15) is 0 Å². The number of hydrogen-bond donors (Lipinski definition) is 0. The second kappa shape index (κ2) is 44.9. The van der Waals surface area contributed by atoms with E-state index < -0.39 is 0 Å². The van der Waals surface area contributed by atoms with Crippen LogP contribution < -0.4 is 0 Å². The SMILES string of the molecule is CCCCCC[S-].CCCCCC[S-].CCCCCC[S-].CC[CH2][Sn+3]. The normalized spacial score (nSPS) is 9.16. The number of hydrogen-bond acceptors (Lipinski definition) is 3. The molecular weight excluding hydrogens is 467 g/mol. The van der Waals surface area contributed by atoms with Crippen LogP contribution in [0.15, 0.2) is 0 Å². The molecule has 152 valence electrons. The van der Waals surface area contributed by atoms with E-state index in [1.807, 2.05) is 0 Å². The molecule has 0 heterocycles. The minimum atomic E-state index is 0.944. The van der Waals surface area contributed by atoms with Crippen molar-refractivity contribution < 1.29 is 0 Å². The summed E-state index contributed by atoms with van der Waals surface area (Å²) in [4.78, 5) is 0. The summed E-state index contributed by atoms with van der Waals surface area (Å²) < 4.78 is 1.41. The summed E-state index contributed by atoms with van der Waals surface area (Å²) in [6.45, 7) is 8.84. The molecule has 0 saturated carbocycles. The second-order valence-electron chi connectivity index (χ2n) is 6.04. The van der Waals surface area contributed by atoms with Crippen LogP contribution in [0.3, 0.4) is 0 Å². The summed E-state index contributed by atoms with van der Waals surface area (Å²) in [5, 5.41) is 0. The van der Waals surface area contributed by atoms with Crippen LogP contribution in [0.2, 0.25) is 4.44 Å². The van der Waals surface area contributed by atoms with Gasteiger partial charge < -0.3 is 37.9 Å².